The average Bonchev–Trinajstić information content (AvgIpc) is 3.18. The Balaban J connectivity index is 2.05. The molecule has 3 rings (SSSR count). The monoisotopic (exact) mass is 402 g/mol. The quantitative estimate of drug-likeness (QED) is 0.718. The number of methoxy groups -OCH3 is 1. The third-order valence-electron chi connectivity index (χ3n) is 4.57. The van der Waals surface area contributed by atoms with Crippen LogP contribution < -0.4 is 9.64 Å². The number of aromatic nitrogens is 1. The molecule has 6 nitrogen and oxygen atoms in total. The molecule has 1 atom stereocenters. The summed E-state index contributed by atoms with van der Waals surface area (Å²) in [6, 6.07) is 6.09. The summed E-state index contributed by atoms with van der Waals surface area (Å²) in [5.41, 5.74) is 1.26. The lowest BCUT2D eigenvalue weighted by Gasteiger charge is -2.30. The molecule has 2 heterocycles. The first-order valence-corrected chi connectivity index (χ1v) is 9.68. The van der Waals surface area contributed by atoms with Gasteiger partial charge in [-0.2, -0.15) is 0 Å². The highest BCUT2D eigenvalue weighted by molar-refractivity contribution is 5.94. The van der Waals surface area contributed by atoms with Gasteiger partial charge in [0.2, 0.25) is 0 Å². The van der Waals surface area contributed by atoms with E-state index in [0.29, 0.717) is 35.7 Å². The van der Waals surface area contributed by atoms with Gasteiger partial charge >= 0.3 is 6.09 Å². The minimum atomic E-state index is -0.651. The van der Waals surface area contributed by atoms with Gasteiger partial charge in [-0.25, -0.2) is 9.18 Å². The first kappa shape index (κ1) is 21.0. The normalized spacial score (nSPS) is 16.5. The molecular formula is C22H27FN2O4. The summed E-state index contributed by atoms with van der Waals surface area (Å²) in [5.74, 6) is -0.0248. The lowest BCUT2D eigenvalue weighted by atomic mass is 10.0. The number of rotatable bonds is 5. The molecule has 2 aromatic rings. The summed E-state index contributed by atoms with van der Waals surface area (Å²) in [4.78, 5) is 18.8. The van der Waals surface area contributed by atoms with E-state index in [1.807, 2.05) is 20.8 Å². The van der Waals surface area contributed by atoms with Crippen LogP contribution in [0.2, 0.25) is 0 Å². The van der Waals surface area contributed by atoms with Gasteiger partial charge in [-0.15, -0.1) is 0 Å². The zero-order valence-corrected chi connectivity index (χ0v) is 17.3. The van der Waals surface area contributed by atoms with Crippen LogP contribution in [0.4, 0.5) is 14.9 Å². The molecule has 156 valence electrons. The fourth-order valence-electron chi connectivity index (χ4n) is 3.30. The van der Waals surface area contributed by atoms with Crippen molar-refractivity contribution in [2.45, 2.75) is 45.3 Å². The second kappa shape index (κ2) is 8.78. The first-order chi connectivity index (χ1) is 13.8. The van der Waals surface area contributed by atoms with Gasteiger partial charge in [0.25, 0.3) is 0 Å². The molecule has 0 radical (unpaired) electrons. The van der Waals surface area contributed by atoms with Gasteiger partial charge in [0.05, 0.1) is 31.6 Å². The number of hydrogen-bond donors (Lipinski definition) is 0. The molecule has 1 unspecified atom stereocenters. The van der Waals surface area contributed by atoms with E-state index in [9.17, 15) is 9.18 Å². The summed E-state index contributed by atoms with van der Waals surface area (Å²) >= 11 is 0. The summed E-state index contributed by atoms with van der Waals surface area (Å²) in [6.07, 6.45) is 4.50. The van der Waals surface area contributed by atoms with Crippen molar-refractivity contribution >= 4 is 11.8 Å². The lowest BCUT2D eigenvalue weighted by molar-refractivity contribution is 0.0539. The van der Waals surface area contributed by atoms with Gasteiger partial charge in [0.15, 0.2) is 0 Å². The van der Waals surface area contributed by atoms with Crippen molar-refractivity contribution in [1.82, 2.24) is 4.98 Å². The SMILES string of the molecule is COc1cc(F)ccc1-c1ccncc1N(CC1CCCO1)C(=O)OC(C)(C)C. The number of benzene rings is 1. The van der Waals surface area contributed by atoms with Crippen molar-refractivity contribution in [1.29, 1.82) is 0 Å². The van der Waals surface area contributed by atoms with E-state index < -0.39 is 17.5 Å². The van der Waals surface area contributed by atoms with Gasteiger partial charge in [0.1, 0.15) is 17.2 Å². The minimum Gasteiger partial charge on any atom is -0.496 e. The van der Waals surface area contributed by atoms with Gasteiger partial charge in [0, 0.05) is 30.0 Å². The molecule has 29 heavy (non-hydrogen) atoms. The molecule has 1 saturated heterocycles. The molecule has 1 aliphatic heterocycles. The molecular weight excluding hydrogens is 375 g/mol. The summed E-state index contributed by atoms with van der Waals surface area (Å²) in [5, 5.41) is 0. The van der Waals surface area contributed by atoms with Crippen molar-refractivity contribution < 1.29 is 23.4 Å². The van der Waals surface area contributed by atoms with Crippen LogP contribution >= 0.6 is 0 Å². The van der Waals surface area contributed by atoms with Crippen LogP contribution in [-0.4, -0.2) is 43.0 Å². The van der Waals surface area contributed by atoms with Crippen molar-refractivity contribution in [2.24, 2.45) is 0 Å². The highest BCUT2D eigenvalue weighted by Crippen LogP contribution is 2.37. The Kier molecular flexibility index (Phi) is 6.37. The number of ether oxygens (including phenoxy) is 3. The van der Waals surface area contributed by atoms with E-state index in [1.165, 1.54) is 19.2 Å². The Hall–Kier alpha value is -2.67. The van der Waals surface area contributed by atoms with Crippen molar-refractivity contribution in [3.05, 3.63) is 42.5 Å². The maximum Gasteiger partial charge on any atom is 0.414 e. The standard InChI is InChI=1S/C22H27FN2O4/c1-22(2,3)29-21(26)25(14-16-6-5-11-28-16)19-13-24-10-9-17(19)18-8-7-15(23)12-20(18)27-4/h7-10,12-13,16H,5-6,11,14H2,1-4H3. The Morgan fingerprint density at radius 1 is 1.31 bits per heavy atom. The zero-order valence-electron chi connectivity index (χ0n) is 17.3. The Morgan fingerprint density at radius 3 is 2.76 bits per heavy atom. The van der Waals surface area contributed by atoms with E-state index in [4.69, 9.17) is 14.2 Å². The van der Waals surface area contributed by atoms with E-state index in [0.717, 1.165) is 12.8 Å². The van der Waals surface area contributed by atoms with Gasteiger partial charge in [-0.05, 0) is 51.8 Å². The number of pyridine rings is 1. The smallest absolute Gasteiger partial charge is 0.414 e. The van der Waals surface area contributed by atoms with Crippen LogP contribution in [0.3, 0.4) is 0 Å². The van der Waals surface area contributed by atoms with Gasteiger partial charge in [-0.3, -0.25) is 9.88 Å². The third kappa shape index (κ3) is 5.23. The van der Waals surface area contributed by atoms with Crippen LogP contribution in [0.25, 0.3) is 11.1 Å². The fraction of sp³-hybridized carbons (Fsp3) is 0.455. The molecule has 1 amide bonds. The van der Waals surface area contributed by atoms with Crippen molar-refractivity contribution in [3.8, 4) is 16.9 Å². The van der Waals surface area contributed by atoms with E-state index in [2.05, 4.69) is 4.98 Å². The number of carbonyl (C=O) groups is 1. The van der Waals surface area contributed by atoms with E-state index >= 15 is 0 Å². The lowest BCUT2D eigenvalue weighted by Crippen LogP contribution is -2.41. The van der Waals surface area contributed by atoms with Gasteiger partial charge in [-0.1, -0.05) is 0 Å². The highest BCUT2D eigenvalue weighted by Gasteiger charge is 2.30. The third-order valence-corrected chi connectivity index (χ3v) is 4.57. The fourth-order valence-corrected chi connectivity index (χ4v) is 3.30. The average molecular weight is 402 g/mol. The molecule has 1 aromatic carbocycles. The molecule has 1 aliphatic rings. The summed E-state index contributed by atoms with van der Waals surface area (Å²) in [7, 11) is 1.48. The molecule has 7 heteroatoms. The number of halogens is 1. The maximum absolute atomic E-state index is 13.7. The van der Waals surface area contributed by atoms with Gasteiger partial charge < -0.3 is 14.2 Å². The summed E-state index contributed by atoms with van der Waals surface area (Å²) in [6.45, 7) is 6.49. The predicted molar refractivity (Wildman–Crippen MR) is 109 cm³/mol. The van der Waals surface area contributed by atoms with Crippen LogP contribution in [0.1, 0.15) is 33.6 Å². The molecule has 0 bridgehead atoms. The van der Waals surface area contributed by atoms with Crippen LogP contribution in [0.15, 0.2) is 36.7 Å². The summed E-state index contributed by atoms with van der Waals surface area (Å²) < 4.78 is 30.5. The minimum absolute atomic E-state index is 0.0781. The van der Waals surface area contributed by atoms with E-state index in [-0.39, 0.29) is 6.10 Å². The Bertz CT molecular complexity index is 860. The molecule has 0 aliphatic carbocycles. The largest absolute Gasteiger partial charge is 0.496 e. The van der Waals surface area contributed by atoms with Crippen molar-refractivity contribution in [3.63, 3.8) is 0 Å². The number of amides is 1. The highest BCUT2D eigenvalue weighted by atomic mass is 19.1. The molecule has 1 fully saturated rings. The topological polar surface area (TPSA) is 60.9 Å². The van der Waals surface area contributed by atoms with Crippen LogP contribution in [0, 0.1) is 5.82 Å². The maximum atomic E-state index is 13.7. The molecule has 1 aromatic heterocycles. The van der Waals surface area contributed by atoms with Crippen molar-refractivity contribution in [2.75, 3.05) is 25.2 Å². The first-order valence-electron chi connectivity index (χ1n) is 9.68. The number of nitrogens with zero attached hydrogens (tertiary/aromatic N) is 2. The molecule has 0 saturated carbocycles. The number of carbonyl (C=O) groups excluding carboxylic acids is 1. The number of anilines is 1. The van der Waals surface area contributed by atoms with Crippen LogP contribution in [0.5, 0.6) is 5.75 Å². The molecule has 0 spiro atoms. The molecule has 0 N–H and O–H groups in total. The Morgan fingerprint density at radius 2 is 2.10 bits per heavy atom. The van der Waals surface area contributed by atoms with Crippen LogP contribution in [-0.2, 0) is 9.47 Å². The zero-order chi connectivity index (χ0) is 21.0. The van der Waals surface area contributed by atoms with E-state index in [1.54, 1.807) is 29.4 Å². The second-order valence-electron chi connectivity index (χ2n) is 7.96. The predicted octanol–water partition coefficient (Wildman–Crippen LogP) is 4.82. The Labute approximate surface area is 170 Å². The number of hydrogen-bond acceptors (Lipinski definition) is 5. The second-order valence-corrected chi connectivity index (χ2v) is 7.96.